The van der Waals surface area contributed by atoms with E-state index in [1.165, 1.54) is 0 Å². The minimum atomic E-state index is -0.534. The fourth-order valence-electron chi connectivity index (χ4n) is 3.46. The van der Waals surface area contributed by atoms with Gasteiger partial charge >= 0.3 is 12.1 Å². The van der Waals surface area contributed by atoms with Crippen molar-refractivity contribution in [2.75, 3.05) is 20.2 Å². The van der Waals surface area contributed by atoms with Gasteiger partial charge in [0.05, 0.1) is 19.1 Å². The molecule has 2 rings (SSSR count). The van der Waals surface area contributed by atoms with Gasteiger partial charge in [-0.3, -0.25) is 9.69 Å². The molecule has 2 bridgehead atoms. The number of fused-ring (bicyclic) bond motifs is 2. The molecule has 3 unspecified atom stereocenters. The van der Waals surface area contributed by atoms with E-state index < -0.39 is 5.60 Å². The largest absolute Gasteiger partial charge is 0.466 e. The first-order valence-electron chi connectivity index (χ1n) is 8.10. The zero-order valence-electron chi connectivity index (χ0n) is 14.3. The Bertz CT molecular complexity index is 432. The first-order chi connectivity index (χ1) is 10.2. The molecule has 0 aliphatic carbocycles. The van der Waals surface area contributed by atoms with Crippen molar-refractivity contribution in [3.05, 3.63) is 0 Å². The number of esters is 1. The summed E-state index contributed by atoms with van der Waals surface area (Å²) in [5.74, 6) is -0.250. The van der Waals surface area contributed by atoms with Gasteiger partial charge in [0.2, 0.25) is 0 Å². The molecule has 0 aromatic carbocycles. The van der Waals surface area contributed by atoms with Gasteiger partial charge in [0.1, 0.15) is 5.60 Å². The third-order valence-electron chi connectivity index (χ3n) is 4.46. The van der Waals surface area contributed by atoms with Crippen molar-refractivity contribution in [3.8, 4) is 0 Å². The fraction of sp³-hybridized carbons (Fsp3) is 0.875. The molecule has 6 nitrogen and oxygen atoms in total. The van der Waals surface area contributed by atoms with Crippen LogP contribution in [0, 0.1) is 0 Å². The molecule has 0 aromatic heterocycles. The van der Waals surface area contributed by atoms with Crippen LogP contribution in [0.1, 0.15) is 47.0 Å². The summed E-state index contributed by atoms with van der Waals surface area (Å²) in [7, 11) is 2.08. The Labute approximate surface area is 132 Å². The van der Waals surface area contributed by atoms with Gasteiger partial charge in [-0.25, -0.2) is 4.79 Å². The summed E-state index contributed by atoms with van der Waals surface area (Å²) in [4.78, 5) is 28.5. The molecular weight excluding hydrogens is 284 g/mol. The zero-order valence-corrected chi connectivity index (χ0v) is 14.3. The molecule has 2 heterocycles. The number of nitrogens with zero attached hydrogens (tertiary/aromatic N) is 2. The van der Waals surface area contributed by atoms with Crippen molar-refractivity contribution in [3.63, 3.8) is 0 Å². The Morgan fingerprint density at radius 2 is 1.91 bits per heavy atom. The maximum Gasteiger partial charge on any atom is 0.410 e. The zero-order chi connectivity index (χ0) is 16.5. The van der Waals surface area contributed by atoms with Crippen LogP contribution in [-0.2, 0) is 14.3 Å². The molecule has 2 fully saturated rings. The lowest BCUT2D eigenvalue weighted by atomic mass is 10.0. The summed E-state index contributed by atoms with van der Waals surface area (Å²) >= 11 is 0. The summed E-state index contributed by atoms with van der Waals surface area (Å²) in [6.45, 7) is 8.34. The molecular formula is C16H28N2O4. The van der Waals surface area contributed by atoms with E-state index in [0.29, 0.717) is 19.2 Å². The number of rotatable bonds is 3. The van der Waals surface area contributed by atoms with Gasteiger partial charge in [-0.2, -0.15) is 0 Å². The van der Waals surface area contributed by atoms with Crippen LogP contribution in [0.25, 0.3) is 0 Å². The molecule has 1 amide bonds. The van der Waals surface area contributed by atoms with Crippen molar-refractivity contribution in [1.29, 1.82) is 0 Å². The van der Waals surface area contributed by atoms with Crippen molar-refractivity contribution in [1.82, 2.24) is 9.80 Å². The van der Waals surface area contributed by atoms with Crippen molar-refractivity contribution >= 4 is 12.1 Å². The van der Waals surface area contributed by atoms with Crippen LogP contribution in [-0.4, -0.2) is 65.8 Å². The van der Waals surface area contributed by atoms with E-state index in [4.69, 9.17) is 9.47 Å². The van der Waals surface area contributed by atoms with Crippen LogP contribution in [0.3, 0.4) is 0 Å². The quantitative estimate of drug-likeness (QED) is 0.746. The SMILES string of the molecule is CCOC(=O)CC1C2CCC(CN1C(=O)OC(C)(C)C)N2C. The highest BCUT2D eigenvalue weighted by atomic mass is 16.6. The standard InChI is InChI=1S/C16H28N2O4/c1-6-21-14(19)9-13-12-8-7-11(17(12)5)10-18(13)15(20)22-16(2,3)4/h11-13H,6-10H2,1-5H3. The number of hydrogen-bond donors (Lipinski definition) is 0. The molecule has 0 N–H and O–H groups in total. The minimum Gasteiger partial charge on any atom is -0.466 e. The van der Waals surface area contributed by atoms with E-state index in [0.717, 1.165) is 12.8 Å². The number of hydrogen-bond acceptors (Lipinski definition) is 5. The number of amides is 1. The summed E-state index contributed by atoms with van der Waals surface area (Å²) < 4.78 is 10.6. The Morgan fingerprint density at radius 3 is 2.50 bits per heavy atom. The predicted molar refractivity (Wildman–Crippen MR) is 82.6 cm³/mol. The summed E-state index contributed by atoms with van der Waals surface area (Å²) in [6, 6.07) is 0.393. The Balaban J connectivity index is 2.14. The van der Waals surface area contributed by atoms with Crippen molar-refractivity contribution in [2.45, 2.75) is 70.7 Å². The first kappa shape index (κ1) is 17.1. The molecule has 0 aromatic rings. The van der Waals surface area contributed by atoms with E-state index in [1.807, 2.05) is 20.8 Å². The monoisotopic (exact) mass is 312 g/mol. The maximum atomic E-state index is 12.5. The summed E-state index contributed by atoms with van der Waals surface area (Å²) in [5, 5.41) is 0. The molecule has 2 aliphatic rings. The van der Waals surface area contributed by atoms with Crippen LogP contribution < -0.4 is 0 Å². The van der Waals surface area contributed by atoms with Crippen LogP contribution in [0.15, 0.2) is 0 Å². The third kappa shape index (κ3) is 3.72. The highest BCUT2D eigenvalue weighted by molar-refractivity contribution is 5.73. The van der Waals surface area contributed by atoms with Crippen molar-refractivity contribution < 1.29 is 19.1 Å². The van der Waals surface area contributed by atoms with Crippen LogP contribution in [0.5, 0.6) is 0 Å². The number of likely N-dealkylation sites (tertiary alicyclic amines) is 1. The molecule has 0 radical (unpaired) electrons. The lowest BCUT2D eigenvalue weighted by molar-refractivity contribution is -0.145. The molecule has 22 heavy (non-hydrogen) atoms. The van der Waals surface area contributed by atoms with Gasteiger partial charge in [-0.05, 0) is 47.6 Å². The highest BCUT2D eigenvalue weighted by Crippen LogP contribution is 2.35. The minimum absolute atomic E-state index is 0.169. The fourth-order valence-corrected chi connectivity index (χ4v) is 3.46. The summed E-state index contributed by atoms with van der Waals surface area (Å²) in [6.07, 6.45) is 1.96. The van der Waals surface area contributed by atoms with Crippen LogP contribution in [0.2, 0.25) is 0 Å². The van der Waals surface area contributed by atoms with E-state index in [2.05, 4.69) is 11.9 Å². The lowest BCUT2D eigenvalue weighted by Gasteiger charge is -2.45. The van der Waals surface area contributed by atoms with Crippen molar-refractivity contribution in [2.24, 2.45) is 0 Å². The number of likely N-dealkylation sites (N-methyl/N-ethyl adjacent to an activating group) is 1. The maximum absolute atomic E-state index is 12.5. The van der Waals surface area contributed by atoms with E-state index in [9.17, 15) is 9.59 Å². The third-order valence-corrected chi connectivity index (χ3v) is 4.46. The summed E-state index contributed by atoms with van der Waals surface area (Å²) in [5.41, 5.74) is -0.534. The average molecular weight is 312 g/mol. The van der Waals surface area contributed by atoms with Gasteiger partial charge in [0.15, 0.2) is 0 Å². The second kappa shape index (κ2) is 6.44. The van der Waals surface area contributed by atoms with Gasteiger partial charge < -0.3 is 14.4 Å². The molecule has 0 spiro atoms. The van der Waals surface area contributed by atoms with Crippen LogP contribution in [0.4, 0.5) is 4.79 Å². The number of piperazine rings is 1. The molecule has 2 saturated heterocycles. The first-order valence-corrected chi connectivity index (χ1v) is 8.10. The molecule has 2 aliphatic heterocycles. The van der Waals surface area contributed by atoms with E-state index in [1.54, 1.807) is 11.8 Å². The average Bonchev–Trinajstić information content (AvgIpc) is 2.62. The Hall–Kier alpha value is -1.30. The smallest absolute Gasteiger partial charge is 0.410 e. The van der Waals surface area contributed by atoms with E-state index >= 15 is 0 Å². The molecule has 6 heteroatoms. The predicted octanol–water partition coefficient (Wildman–Crippen LogP) is 2.02. The lowest BCUT2D eigenvalue weighted by Crippen LogP contribution is -2.61. The topological polar surface area (TPSA) is 59.1 Å². The molecule has 126 valence electrons. The highest BCUT2D eigenvalue weighted by Gasteiger charge is 2.47. The van der Waals surface area contributed by atoms with E-state index in [-0.39, 0.29) is 30.6 Å². The second-order valence-electron chi connectivity index (χ2n) is 7.17. The Morgan fingerprint density at radius 1 is 1.23 bits per heavy atom. The molecule has 0 saturated carbocycles. The molecule has 3 atom stereocenters. The van der Waals surface area contributed by atoms with Gasteiger partial charge in [-0.15, -0.1) is 0 Å². The second-order valence-corrected chi connectivity index (χ2v) is 7.17. The van der Waals surface area contributed by atoms with Crippen LogP contribution >= 0.6 is 0 Å². The normalized spacial score (nSPS) is 28.6. The number of carbonyl (C=O) groups is 2. The van der Waals surface area contributed by atoms with Gasteiger partial charge in [0, 0.05) is 18.6 Å². The number of carbonyl (C=O) groups excluding carboxylic acids is 2. The van der Waals surface area contributed by atoms with Gasteiger partial charge in [0.25, 0.3) is 0 Å². The number of ether oxygens (including phenoxy) is 2. The van der Waals surface area contributed by atoms with Gasteiger partial charge in [-0.1, -0.05) is 0 Å². The Kier molecular flexibility index (Phi) is 5.00.